The van der Waals surface area contributed by atoms with Gasteiger partial charge >= 0.3 is 0 Å². The Morgan fingerprint density at radius 1 is 1.29 bits per heavy atom. The van der Waals surface area contributed by atoms with E-state index in [0.29, 0.717) is 0 Å². The molecule has 2 unspecified atom stereocenters. The predicted octanol–water partition coefficient (Wildman–Crippen LogP) is 2.95. The lowest BCUT2D eigenvalue weighted by Crippen LogP contribution is -2.26. The van der Waals surface area contributed by atoms with E-state index in [0.717, 1.165) is 24.9 Å². The van der Waals surface area contributed by atoms with E-state index in [1.165, 1.54) is 6.07 Å². The zero-order chi connectivity index (χ0) is 12.8. The first kappa shape index (κ1) is 14.1. The zero-order valence-corrected chi connectivity index (χ0v) is 11.0. The molecular weight excluding hydrogens is 215 g/mol. The highest BCUT2D eigenvalue weighted by atomic mass is 19.1. The molecule has 17 heavy (non-hydrogen) atoms. The maximum Gasteiger partial charge on any atom is 0.127 e. The number of nitrogens with zero attached hydrogens (tertiary/aromatic N) is 1. The van der Waals surface area contributed by atoms with Gasteiger partial charge in [0.25, 0.3) is 0 Å². The summed E-state index contributed by atoms with van der Waals surface area (Å²) in [5, 5.41) is 0. The van der Waals surface area contributed by atoms with Crippen molar-refractivity contribution < 1.29 is 4.39 Å². The van der Waals surface area contributed by atoms with Crippen molar-refractivity contribution in [2.24, 2.45) is 5.73 Å². The Balaban J connectivity index is 2.52. The molecule has 0 fully saturated rings. The van der Waals surface area contributed by atoms with Crippen molar-refractivity contribution in [3.8, 4) is 0 Å². The van der Waals surface area contributed by atoms with Crippen molar-refractivity contribution in [3.63, 3.8) is 0 Å². The van der Waals surface area contributed by atoms with Crippen molar-refractivity contribution >= 4 is 0 Å². The van der Waals surface area contributed by atoms with Gasteiger partial charge in [-0.2, -0.15) is 0 Å². The first-order valence-electron chi connectivity index (χ1n) is 6.22. The van der Waals surface area contributed by atoms with Crippen molar-refractivity contribution in [2.75, 3.05) is 13.6 Å². The molecule has 1 aromatic carbocycles. The Morgan fingerprint density at radius 2 is 1.94 bits per heavy atom. The minimum absolute atomic E-state index is 0.101. The van der Waals surface area contributed by atoms with Crippen molar-refractivity contribution in [1.29, 1.82) is 0 Å². The minimum Gasteiger partial charge on any atom is -0.328 e. The van der Waals surface area contributed by atoms with Crippen LogP contribution in [0, 0.1) is 5.82 Å². The summed E-state index contributed by atoms with van der Waals surface area (Å²) in [6, 6.07) is 7.31. The highest BCUT2D eigenvalue weighted by Crippen LogP contribution is 2.21. The van der Waals surface area contributed by atoms with Crippen LogP contribution in [0.15, 0.2) is 24.3 Å². The molecule has 0 heterocycles. The number of rotatable bonds is 6. The van der Waals surface area contributed by atoms with Gasteiger partial charge in [-0.3, -0.25) is 4.90 Å². The summed E-state index contributed by atoms with van der Waals surface area (Å²) < 4.78 is 13.6. The monoisotopic (exact) mass is 238 g/mol. The third-order valence-corrected chi connectivity index (χ3v) is 3.19. The number of hydrogen-bond acceptors (Lipinski definition) is 2. The smallest absolute Gasteiger partial charge is 0.127 e. The van der Waals surface area contributed by atoms with Crippen LogP contribution in [0.3, 0.4) is 0 Å². The van der Waals surface area contributed by atoms with Crippen LogP contribution in [0.25, 0.3) is 0 Å². The number of benzene rings is 1. The molecule has 0 bridgehead atoms. The molecule has 0 aliphatic rings. The fraction of sp³-hybridized carbons (Fsp3) is 0.571. The van der Waals surface area contributed by atoms with Crippen LogP contribution >= 0.6 is 0 Å². The maximum absolute atomic E-state index is 13.6. The lowest BCUT2D eigenvalue weighted by Gasteiger charge is -2.25. The van der Waals surface area contributed by atoms with Gasteiger partial charge in [0.15, 0.2) is 0 Å². The van der Waals surface area contributed by atoms with Crippen LogP contribution in [0.4, 0.5) is 4.39 Å². The maximum atomic E-state index is 13.6. The second kappa shape index (κ2) is 6.72. The molecule has 2 N–H and O–H groups in total. The molecule has 0 amide bonds. The van der Waals surface area contributed by atoms with E-state index in [4.69, 9.17) is 5.73 Å². The zero-order valence-electron chi connectivity index (χ0n) is 11.0. The summed E-state index contributed by atoms with van der Waals surface area (Å²) in [5.41, 5.74) is 6.47. The van der Waals surface area contributed by atoms with Crippen molar-refractivity contribution in [2.45, 2.75) is 38.8 Å². The fourth-order valence-corrected chi connectivity index (χ4v) is 1.91. The second-order valence-electron chi connectivity index (χ2n) is 4.80. The molecule has 0 spiro atoms. The molecule has 96 valence electrons. The third kappa shape index (κ3) is 4.44. The molecule has 2 atom stereocenters. The number of halogens is 1. The largest absolute Gasteiger partial charge is 0.328 e. The fourth-order valence-electron chi connectivity index (χ4n) is 1.91. The standard InChI is InChI=1S/C14H23FN2/c1-11(16)7-6-10-17(3)12(2)13-8-4-5-9-14(13)15/h4-5,8-9,11-12H,6-7,10,16H2,1-3H3. The average Bonchev–Trinajstić information content (AvgIpc) is 2.28. The van der Waals surface area contributed by atoms with E-state index in [-0.39, 0.29) is 17.9 Å². The van der Waals surface area contributed by atoms with Gasteiger partial charge in [-0.15, -0.1) is 0 Å². The lowest BCUT2D eigenvalue weighted by atomic mass is 10.1. The molecule has 0 saturated heterocycles. The van der Waals surface area contributed by atoms with E-state index in [2.05, 4.69) is 4.90 Å². The summed E-state index contributed by atoms with van der Waals surface area (Å²) in [5.74, 6) is -0.126. The SMILES string of the molecule is CC(N)CCCN(C)C(C)c1ccccc1F. The van der Waals surface area contributed by atoms with Crippen LogP contribution in [0.2, 0.25) is 0 Å². The highest BCUT2D eigenvalue weighted by Gasteiger charge is 2.14. The molecule has 3 heteroatoms. The van der Waals surface area contributed by atoms with Gasteiger partial charge in [0, 0.05) is 17.6 Å². The van der Waals surface area contributed by atoms with Gasteiger partial charge in [-0.1, -0.05) is 18.2 Å². The van der Waals surface area contributed by atoms with Gasteiger partial charge < -0.3 is 5.73 Å². The molecular formula is C14H23FN2. The summed E-state index contributed by atoms with van der Waals surface area (Å²) in [6.07, 6.45) is 2.06. The normalized spacial score (nSPS) is 14.9. The van der Waals surface area contributed by atoms with E-state index >= 15 is 0 Å². The second-order valence-corrected chi connectivity index (χ2v) is 4.80. The van der Waals surface area contributed by atoms with Gasteiger partial charge in [0.1, 0.15) is 5.82 Å². The Bertz CT molecular complexity index is 339. The summed E-state index contributed by atoms with van der Waals surface area (Å²) in [4.78, 5) is 2.17. The summed E-state index contributed by atoms with van der Waals surface area (Å²) >= 11 is 0. The molecule has 0 aliphatic heterocycles. The van der Waals surface area contributed by atoms with E-state index in [1.54, 1.807) is 6.07 Å². The van der Waals surface area contributed by atoms with E-state index < -0.39 is 0 Å². The third-order valence-electron chi connectivity index (χ3n) is 3.19. The number of nitrogens with two attached hydrogens (primary N) is 1. The van der Waals surface area contributed by atoms with Crippen LogP contribution in [-0.2, 0) is 0 Å². The van der Waals surface area contributed by atoms with Crippen LogP contribution in [0.1, 0.15) is 38.3 Å². The molecule has 0 saturated carbocycles. The van der Waals surface area contributed by atoms with Gasteiger partial charge in [-0.05, 0) is 46.3 Å². The van der Waals surface area contributed by atoms with E-state index in [9.17, 15) is 4.39 Å². The average molecular weight is 238 g/mol. The molecule has 1 rings (SSSR count). The van der Waals surface area contributed by atoms with E-state index in [1.807, 2.05) is 33.0 Å². The summed E-state index contributed by atoms with van der Waals surface area (Å²) in [7, 11) is 2.03. The molecule has 0 radical (unpaired) electrons. The summed E-state index contributed by atoms with van der Waals surface area (Å²) in [6.45, 7) is 4.99. The Labute approximate surface area is 104 Å². The minimum atomic E-state index is -0.126. The first-order chi connectivity index (χ1) is 8.02. The first-order valence-corrected chi connectivity index (χ1v) is 6.22. The Kier molecular flexibility index (Phi) is 5.59. The molecule has 0 aromatic heterocycles. The lowest BCUT2D eigenvalue weighted by molar-refractivity contribution is 0.249. The number of hydrogen-bond donors (Lipinski definition) is 1. The topological polar surface area (TPSA) is 29.3 Å². The quantitative estimate of drug-likeness (QED) is 0.825. The van der Waals surface area contributed by atoms with Crippen molar-refractivity contribution in [1.82, 2.24) is 4.90 Å². The van der Waals surface area contributed by atoms with Crippen LogP contribution in [-0.4, -0.2) is 24.5 Å². The van der Waals surface area contributed by atoms with Crippen LogP contribution in [0.5, 0.6) is 0 Å². The van der Waals surface area contributed by atoms with Crippen LogP contribution < -0.4 is 5.73 Å². The molecule has 1 aromatic rings. The van der Waals surface area contributed by atoms with Gasteiger partial charge in [0.05, 0.1) is 0 Å². The highest BCUT2D eigenvalue weighted by molar-refractivity contribution is 5.20. The predicted molar refractivity (Wildman–Crippen MR) is 70.3 cm³/mol. The molecule has 0 aliphatic carbocycles. The molecule has 2 nitrogen and oxygen atoms in total. The Morgan fingerprint density at radius 3 is 2.53 bits per heavy atom. The van der Waals surface area contributed by atoms with Gasteiger partial charge in [-0.25, -0.2) is 4.39 Å². The Hall–Kier alpha value is -0.930. The van der Waals surface area contributed by atoms with Gasteiger partial charge in [0.2, 0.25) is 0 Å². The van der Waals surface area contributed by atoms with Crippen molar-refractivity contribution in [3.05, 3.63) is 35.6 Å².